The van der Waals surface area contributed by atoms with E-state index in [1.165, 1.54) is 27.7 Å². The lowest BCUT2D eigenvalue weighted by Gasteiger charge is -2.08. The largest absolute Gasteiger partial charge is 0.395 e. The van der Waals surface area contributed by atoms with E-state index in [4.69, 9.17) is 0 Å². The first-order chi connectivity index (χ1) is 8.06. The van der Waals surface area contributed by atoms with Crippen molar-refractivity contribution in [1.82, 2.24) is 4.57 Å². The minimum absolute atomic E-state index is 0.191. The quantitative estimate of drug-likeness (QED) is 0.860. The number of hydrogen-bond donors (Lipinski definition) is 1. The summed E-state index contributed by atoms with van der Waals surface area (Å²) in [7, 11) is 0. The van der Waals surface area contributed by atoms with E-state index in [-0.39, 0.29) is 6.61 Å². The Bertz CT molecular complexity index is 537. The maximum absolute atomic E-state index is 9.19. The van der Waals surface area contributed by atoms with Crippen LogP contribution in [0.2, 0.25) is 0 Å². The smallest absolute Gasteiger partial charge is 0.0610 e. The molecule has 2 rings (SSSR count). The molecule has 1 aromatic heterocycles. The van der Waals surface area contributed by atoms with Crippen molar-refractivity contribution in [1.29, 1.82) is 0 Å². The molecule has 2 heteroatoms. The summed E-state index contributed by atoms with van der Waals surface area (Å²) in [6, 6.07) is 6.56. The van der Waals surface area contributed by atoms with Gasteiger partial charge in [0.05, 0.1) is 6.61 Å². The van der Waals surface area contributed by atoms with Gasteiger partial charge < -0.3 is 9.67 Å². The first-order valence-electron chi connectivity index (χ1n) is 6.26. The minimum Gasteiger partial charge on any atom is -0.395 e. The van der Waals surface area contributed by atoms with Gasteiger partial charge in [-0.05, 0) is 37.5 Å². The van der Waals surface area contributed by atoms with Crippen LogP contribution in [0.1, 0.15) is 36.6 Å². The maximum Gasteiger partial charge on any atom is 0.0610 e. The fraction of sp³-hybridized carbons (Fsp3) is 0.467. The highest BCUT2D eigenvalue weighted by atomic mass is 16.3. The van der Waals surface area contributed by atoms with Gasteiger partial charge in [-0.1, -0.05) is 25.5 Å². The van der Waals surface area contributed by atoms with E-state index in [9.17, 15) is 5.11 Å². The van der Waals surface area contributed by atoms with Gasteiger partial charge in [-0.25, -0.2) is 0 Å². The normalized spacial score (nSPS) is 11.6. The van der Waals surface area contributed by atoms with Crippen molar-refractivity contribution in [3.63, 3.8) is 0 Å². The molecule has 1 N–H and O–H groups in total. The zero-order valence-corrected chi connectivity index (χ0v) is 11.1. The highest BCUT2D eigenvalue weighted by Crippen LogP contribution is 2.32. The first kappa shape index (κ1) is 12.2. The molecule has 0 aliphatic rings. The fourth-order valence-electron chi connectivity index (χ4n) is 2.74. The van der Waals surface area contributed by atoms with Gasteiger partial charge in [-0.2, -0.15) is 0 Å². The van der Waals surface area contributed by atoms with Crippen LogP contribution in [0.5, 0.6) is 0 Å². The van der Waals surface area contributed by atoms with Crippen molar-refractivity contribution in [3.8, 4) is 0 Å². The van der Waals surface area contributed by atoms with E-state index >= 15 is 0 Å². The van der Waals surface area contributed by atoms with Crippen LogP contribution in [0.4, 0.5) is 0 Å². The monoisotopic (exact) mass is 231 g/mol. The Morgan fingerprint density at radius 3 is 2.53 bits per heavy atom. The van der Waals surface area contributed by atoms with Crippen LogP contribution in [0.15, 0.2) is 18.2 Å². The number of aromatic nitrogens is 1. The van der Waals surface area contributed by atoms with Crippen LogP contribution in [0.25, 0.3) is 10.9 Å². The highest BCUT2D eigenvalue weighted by Gasteiger charge is 2.15. The highest BCUT2D eigenvalue weighted by molar-refractivity contribution is 5.86. The molecular weight excluding hydrogens is 210 g/mol. The maximum atomic E-state index is 9.19. The Hall–Kier alpha value is -1.28. The molecule has 0 fully saturated rings. The molecule has 0 saturated carbocycles. The van der Waals surface area contributed by atoms with Crippen LogP contribution in [-0.2, 0) is 6.54 Å². The lowest BCUT2D eigenvalue weighted by atomic mass is 9.99. The summed E-state index contributed by atoms with van der Waals surface area (Å²) < 4.78 is 2.23. The number of hydrogen-bond acceptors (Lipinski definition) is 1. The third-order valence-corrected chi connectivity index (χ3v) is 3.43. The predicted molar refractivity (Wildman–Crippen MR) is 72.6 cm³/mol. The number of benzene rings is 1. The summed E-state index contributed by atoms with van der Waals surface area (Å²) in [6.45, 7) is 9.61. The Labute approximate surface area is 103 Å². The molecule has 0 aliphatic carbocycles. The molecule has 0 spiro atoms. The second-order valence-corrected chi connectivity index (χ2v) is 5.05. The van der Waals surface area contributed by atoms with E-state index in [1.54, 1.807) is 0 Å². The zero-order valence-electron chi connectivity index (χ0n) is 11.1. The van der Waals surface area contributed by atoms with Crippen LogP contribution in [0.3, 0.4) is 0 Å². The van der Waals surface area contributed by atoms with Gasteiger partial charge in [0.2, 0.25) is 0 Å². The Kier molecular flexibility index (Phi) is 3.25. The van der Waals surface area contributed by atoms with Crippen molar-refractivity contribution in [2.45, 2.75) is 40.2 Å². The average molecular weight is 231 g/mol. The Balaban J connectivity index is 2.78. The third kappa shape index (κ3) is 1.98. The molecule has 0 bridgehead atoms. The summed E-state index contributed by atoms with van der Waals surface area (Å²) in [5, 5.41) is 10.5. The SMILES string of the molecule is Cc1ccc2c(c1)c(C(C)C)c(C)n2CCO. The number of aryl methyl sites for hydroxylation is 1. The van der Waals surface area contributed by atoms with E-state index in [0.717, 1.165) is 0 Å². The van der Waals surface area contributed by atoms with Crippen LogP contribution < -0.4 is 0 Å². The molecule has 0 amide bonds. The number of aliphatic hydroxyl groups is 1. The fourth-order valence-corrected chi connectivity index (χ4v) is 2.74. The third-order valence-electron chi connectivity index (χ3n) is 3.43. The van der Waals surface area contributed by atoms with Gasteiger partial charge in [0.25, 0.3) is 0 Å². The summed E-state index contributed by atoms with van der Waals surface area (Å²) >= 11 is 0. The molecule has 1 heterocycles. The summed E-state index contributed by atoms with van der Waals surface area (Å²) in [5.41, 5.74) is 5.23. The molecule has 0 atom stereocenters. The van der Waals surface area contributed by atoms with Crippen molar-refractivity contribution < 1.29 is 5.11 Å². The summed E-state index contributed by atoms with van der Waals surface area (Å²) in [6.07, 6.45) is 0. The molecule has 92 valence electrons. The number of aliphatic hydroxyl groups excluding tert-OH is 1. The molecule has 0 aliphatic heterocycles. The van der Waals surface area contributed by atoms with Gasteiger partial charge in [-0.3, -0.25) is 0 Å². The molecule has 1 aromatic carbocycles. The lowest BCUT2D eigenvalue weighted by molar-refractivity contribution is 0.277. The first-order valence-corrected chi connectivity index (χ1v) is 6.26. The average Bonchev–Trinajstić information content (AvgIpc) is 2.52. The van der Waals surface area contributed by atoms with Crippen molar-refractivity contribution in [2.75, 3.05) is 6.61 Å². The number of rotatable bonds is 3. The van der Waals surface area contributed by atoms with Crippen LogP contribution in [0, 0.1) is 13.8 Å². The molecular formula is C15H21NO. The second kappa shape index (κ2) is 4.53. The molecule has 2 aromatic rings. The molecule has 17 heavy (non-hydrogen) atoms. The predicted octanol–water partition coefficient (Wildman–Crippen LogP) is 3.37. The zero-order chi connectivity index (χ0) is 12.6. The molecule has 0 radical (unpaired) electrons. The Morgan fingerprint density at radius 1 is 1.24 bits per heavy atom. The number of nitrogens with zero attached hydrogens (tertiary/aromatic N) is 1. The van der Waals surface area contributed by atoms with Gasteiger partial charge in [0.1, 0.15) is 0 Å². The van der Waals surface area contributed by atoms with Crippen LogP contribution in [-0.4, -0.2) is 16.3 Å². The lowest BCUT2D eigenvalue weighted by Crippen LogP contribution is -2.04. The van der Waals surface area contributed by atoms with Crippen molar-refractivity contribution in [3.05, 3.63) is 35.0 Å². The van der Waals surface area contributed by atoms with Gasteiger partial charge in [-0.15, -0.1) is 0 Å². The minimum atomic E-state index is 0.191. The molecule has 0 unspecified atom stereocenters. The van der Waals surface area contributed by atoms with Crippen molar-refractivity contribution in [2.24, 2.45) is 0 Å². The number of fused-ring (bicyclic) bond motifs is 1. The second-order valence-electron chi connectivity index (χ2n) is 5.05. The Morgan fingerprint density at radius 2 is 1.94 bits per heavy atom. The summed E-state index contributed by atoms with van der Waals surface area (Å²) in [5.74, 6) is 0.513. The standard InChI is InChI=1S/C15H21NO/c1-10(2)15-12(4)16(7-8-17)14-6-5-11(3)9-13(14)15/h5-6,9-10,17H,7-8H2,1-4H3. The van der Waals surface area contributed by atoms with E-state index < -0.39 is 0 Å². The van der Waals surface area contributed by atoms with Crippen LogP contribution >= 0.6 is 0 Å². The van der Waals surface area contributed by atoms with Crippen molar-refractivity contribution >= 4 is 10.9 Å². The van der Waals surface area contributed by atoms with E-state index in [0.29, 0.717) is 12.5 Å². The van der Waals surface area contributed by atoms with E-state index in [1.807, 2.05) is 0 Å². The van der Waals surface area contributed by atoms with Gasteiger partial charge in [0, 0.05) is 23.1 Å². The molecule has 0 saturated heterocycles. The van der Waals surface area contributed by atoms with E-state index in [2.05, 4.69) is 50.5 Å². The topological polar surface area (TPSA) is 25.2 Å². The summed E-state index contributed by atoms with van der Waals surface area (Å²) in [4.78, 5) is 0. The van der Waals surface area contributed by atoms with Gasteiger partial charge >= 0.3 is 0 Å². The molecule has 2 nitrogen and oxygen atoms in total. The van der Waals surface area contributed by atoms with Gasteiger partial charge in [0.15, 0.2) is 0 Å².